The zero-order chi connectivity index (χ0) is 11.0. The average molecular weight is 287 g/mol. The van der Waals surface area contributed by atoms with Gasteiger partial charge in [0.05, 0.1) is 5.82 Å². The van der Waals surface area contributed by atoms with Crippen molar-refractivity contribution in [3.63, 3.8) is 0 Å². The topological polar surface area (TPSA) is 28.7 Å². The Morgan fingerprint density at radius 3 is 2.38 bits per heavy atom. The van der Waals surface area contributed by atoms with Gasteiger partial charge in [-0.1, -0.05) is 13.0 Å². The van der Waals surface area contributed by atoms with Gasteiger partial charge in [-0.25, -0.2) is 12.5 Å². The molecule has 1 N–H and O–H groups in total. The Morgan fingerprint density at radius 2 is 1.88 bits per heavy atom. The fourth-order valence-corrected chi connectivity index (χ4v) is 1.72. The summed E-state index contributed by atoms with van der Waals surface area (Å²) in [6.45, 7) is 11.9. The minimum Gasteiger partial charge on any atom is -0.379 e. The second-order valence-corrected chi connectivity index (χ2v) is 3.81. The van der Waals surface area contributed by atoms with Crippen LogP contribution in [0.3, 0.4) is 0 Å². The van der Waals surface area contributed by atoms with E-state index < -0.39 is 0 Å². The predicted octanol–water partition coefficient (Wildman–Crippen LogP) is 3.06. The normalized spacial score (nSPS) is 9.88. The van der Waals surface area contributed by atoms with Crippen molar-refractivity contribution in [2.45, 2.75) is 13.8 Å². The maximum absolute atomic E-state index is 4.41. The first-order chi connectivity index (χ1) is 7.08. The van der Waals surface area contributed by atoms with E-state index in [4.69, 9.17) is 0 Å². The summed E-state index contributed by atoms with van der Waals surface area (Å²) in [4.78, 5) is 7.51. The summed E-state index contributed by atoms with van der Waals surface area (Å²) in [5.74, 6) is 0.884. The summed E-state index contributed by atoms with van der Waals surface area (Å²) in [5, 5.41) is 0. The molecule has 81 valence electrons. The number of aryl methyl sites for hydroxylation is 2. The molecule has 1 aromatic heterocycles. The third-order valence-corrected chi connectivity index (χ3v) is 2.41. The minimum absolute atomic E-state index is 0. The fourth-order valence-electron chi connectivity index (χ4n) is 1.72. The number of aromatic amines is 1. The zero-order valence-corrected chi connectivity index (χ0v) is 12.5. The van der Waals surface area contributed by atoms with Crippen molar-refractivity contribution in [1.82, 2.24) is 9.97 Å². The maximum Gasteiger partial charge on any atom is 0.0806 e. The van der Waals surface area contributed by atoms with Gasteiger partial charge >= 0.3 is 0 Å². The summed E-state index contributed by atoms with van der Waals surface area (Å²) in [5.41, 5.74) is 5.00. The Morgan fingerprint density at radius 1 is 1.19 bits per heavy atom. The van der Waals surface area contributed by atoms with Crippen LogP contribution in [0.25, 0.3) is 11.3 Å². The first-order valence-corrected chi connectivity index (χ1v) is 4.89. The van der Waals surface area contributed by atoms with Crippen LogP contribution in [0.5, 0.6) is 0 Å². The van der Waals surface area contributed by atoms with Gasteiger partial charge in [-0.3, -0.25) is 0 Å². The first kappa shape index (κ1) is 13.3. The predicted molar refractivity (Wildman–Crippen MR) is 62.4 cm³/mol. The van der Waals surface area contributed by atoms with E-state index in [0.717, 1.165) is 28.3 Å². The Kier molecular flexibility index (Phi) is 4.23. The molecule has 2 aromatic rings. The Labute approximate surface area is 122 Å². The summed E-state index contributed by atoms with van der Waals surface area (Å²) in [6.07, 6.45) is 0. The molecule has 0 saturated heterocycles. The molecule has 0 aliphatic carbocycles. The molecule has 3 heteroatoms. The van der Waals surface area contributed by atoms with Gasteiger partial charge in [-0.05, 0) is 6.92 Å². The number of rotatable bonds is 1. The summed E-state index contributed by atoms with van der Waals surface area (Å²) in [7, 11) is 0. The van der Waals surface area contributed by atoms with Crippen molar-refractivity contribution in [1.29, 1.82) is 0 Å². The third kappa shape index (κ3) is 2.50. The Bertz CT molecular complexity index is 501. The number of nitrogens with zero attached hydrogens (tertiary/aromatic N) is 1. The summed E-state index contributed by atoms with van der Waals surface area (Å²) in [6, 6.07) is 6.16. The van der Waals surface area contributed by atoms with Gasteiger partial charge in [0.25, 0.3) is 0 Å². The standard InChI is InChI=1S/C13H14N2.Y/c1-8-5-6-12(9(2)7-8)13-10(3)14-11(4)15-13;/h5-7H,2-3H2,1,4H3,(H,14,15);/q-2;. The first-order valence-electron chi connectivity index (χ1n) is 4.89. The molecule has 0 unspecified atom stereocenters. The van der Waals surface area contributed by atoms with E-state index in [2.05, 4.69) is 42.9 Å². The van der Waals surface area contributed by atoms with Gasteiger partial charge in [0.2, 0.25) is 0 Å². The van der Waals surface area contributed by atoms with E-state index in [1.165, 1.54) is 5.56 Å². The largest absolute Gasteiger partial charge is 0.379 e. The van der Waals surface area contributed by atoms with Crippen LogP contribution in [0.2, 0.25) is 0 Å². The molecule has 16 heavy (non-hydrogen) atoms. The van der Waals surface area contributed by atoms with Crippen LogP contribution in [-0.2, 0) is 32.7 Å². The molecule has 2 nitrogen and oxygen atoms in total. The van der Waals surface area contributed by atoms with E-state index in [0.29, 0.717) is 0 Å². The smallest absolute Gasteiger partial charge is 0.0806 e. The molecule has 0 bridgehead atoms. The van der Waals surface area contributed by atoms with Crippen molar-refractivity contribution in [2.75, 3.05) is 0 Å². The molecular formula is C13H14N2Y-2. The van der Waals surface area contributed by atoms with Crippen LogP contribution in [0.1, 0.15) is 22.6 Å². The number of nitrogens with one attached hydrogen (secondary N) is 1. The molecule has 0 amide bonds. The molecule has 2 rings (SSSR count). The van der Waals surface area contributed by atoms with Crippen molar-refractivity contribution >= 4 is 0 Å². The van der Waals surface area contributed by atoms with E-state index in [9.17, 15) is 0 Å². The molecule has 0 aliphatic rings. The van der Waals surface area contributed by atoms with E-state index >= 15 is 0 Å². The molecule has 0 aliphatic heterocycles. The molecule has 1 radical (unpaired) electrons. The van der Waals surface area contributed by atoms with Crippen molar-refractivity contribution in [3.8, 4) is 11.3 Å². The van der Waals surface area contributed by atoms with Crippen molar-refractivity contribution < 1.29 is 32.7 Å². The maximum atomic E-state index is 4.41. The Balaban J connectivity index is 0.00000128. The van der Waals surface area contributed by atoms with Gasteiger partial charge in [0.1, 0.15) is 0 Å². The van der Waals surface area contributed by atoms with E-state index in [1.54, 1.807) is 0 Å². The van der Waals surface area contributed by atoms with Gasteiger partial charge < -0.3 is 9.97 Å². The Hall–Kier alpha value is -0.726. The molecule has 0 saturated carbocycles. The van der Waals surface area contributed by atoms with Crippen LogP contribution in [-0.4, -0.2) is 9.97 Å². The van der Waals surface area contributed by atoms with Crippen LogP contribution in [0.15, 0.2) is 18.2 Å². The number of imidazole rings is 1. The number of H-pyrrole nitrogens is 1. The van der Waals surface area contributed by atoms with Crippen LogP contribution < -0.4 is 0 Å². The SMILES string of the molecule is [CH2-]c1cc(C)ccc1-c1nc(C)[nH]c1[CH2-].[Y]. The fraction of sp³-hybridized carbons (Fsp3) is 0.154. The van der Waals surface area contributed by atoms with Crippen LogP contribution in [0, 0.1) is 27.7 Å². The van der Waals surface area contributed by atoms with Gasteiger partial charge in [0, 0.05) is 32.7 Å². The van der Waals surface area contributed by atoms with Gasteiger partial charge in [-0.15, -0.1) is 23.0 Å². The second kappa shape index (κ2) is 5.07. The average Bonchev–Trinajstić information content (AvgIpc) is 2.45. The number of aromatic nitrogens is 2. The van der Waals surface area contributed by atoms with Crippen molar-refractivity contribution in [3.05, 3.63) is 54.7 Å². The van der Waals surface area contributed by atoms with E-state index in [1.807, 2.05) is 13.0 Å². The van der Waals surface area contributed by atoms with Crippen LogP contribution >= 0.6 is 0 Å². The molecule has 0 spiro atoms. The molecular weight excluding hydrogens is 273 g/mol. The second-order valence-electron chi connectivity index (χ2n) is 3.81. The third-order valence-electron chi connectivity index (χ3n) is 2.41. The zero-order valence-electron chi connectivity index (χ0n) is 9.67. The van der Waals surface area contributed by atoms with Crippen LogP contribution in [0.4, 0.5) is 0 Å². The monoisotopic (exact) mass is 287 g/mol. The van der Waals surface area contributed by atoms with Gasteiger partial charge in [0.15, 0.2) is 0 Å². The number of benzene rings is 1. The quantitative estimate of drug-likeness (QED) is 0.802. The minimum atomic E-state index is 0. The molecule has 1 heterocycles. The van der Waals surface area contributed by atoms with Gasteiger partial charge in [-0.2, -0.15) is 18.6 Å². The number of hydrogen-bond donors (Lipinski definition) is 1. The molecule has 0 fully saturated rings. The summed E-state index contributed by atoms with van der Waals surface area (Å²) < 4.78 is 0. The van der Waals surface area contributed by atoms with Crippen molar-refractivity contribution in [2.24, 2.45) is 0 Å². The molecule has 1 aromatic carbocycles. The molecule has 0 atom stereocenters. The summed E-state index contributed by atoms with van der Waals surface area (Å²) >= 11 is 0. The van der Waals surface area contributed by atoms with E-state index in [-0.39, 0.29) is 32.7 Å². The number of hydrogen-bond acceptors (Lipinski definition) is 1.